The summed E-state index contributed by atoms with van der Waals surface area (Å²) in [5.74, 6) is 1.46. The second-order valence-electron chi connectivity index (χ2n) is 17.4. The van der Waals surface area contributed by atoms with Crippen LogP contribution >= 0.6 is 0 Å². The fraction of sp³-hybridized carbons (Fsp3) is 0.0645. The lowest BCUT2D eigenvalue weighted by Gasteiger charge is -2.33. The Hall–Kier alpha value is -8.14. The molecule has 0 fully saturated rings. The lowest BCUT2D eigenvalue weighted by Crippen LogP contribution is -2.17. The molecule has 2 unspecified atom stereocenters. The van der Waals surface area contributed by atoms with Crippen LogP contribution in [0.3, 0.4) is 0 Å². The number of hydrogen-bond donors (Lipinski definition) is 0. The molecule has 0 radical (unpaired) electrons. The lowest BCUT2D eigenvalue weighted by atomic mass is 9.71. The number of aromatic nitrogens is 3. The first-order chi connectivity index (χ1) is 32.1. The Morgan fingerprint density at radius 1 is 0.400 bits per heavy atom. The van der Waals surface area contributed by atoms with Gasteiger partial charge in [0.15, 0.2) is 0 Å². The van der Waals surface area contributed by atoms with Gasteiger partial charge in [0.1, 0.15) is 5.82 Å². The van der Waals surface area contributed by atoms with Crippen molar-refractivity contribution < 1.29 is 0 Å². The minimum Gasteiger partial charge on any atom is -0.294 e. The summed E-state index contributed by atoms with van der Waals surface area (Å²) < 4.78 is 2.34. The van der Waals surface area contributed by atoms with Crippen LogP contribution < -0.4 is 0 Å². The van der Waals surface area contributed by atoms with E-state index < -0.39 is 0 Å². The number of rotatable bonds is 8. The Balaban J connectivity index is 0.934. The Morgan fingerprint density at radius 3 is 1.62 bits per heavy atom. The van der Waals surface area contributed by atoms with Gasteiger partial charge in [0.25, 0.3) is 0 Å². The predicted octanol–water partition coefficient (Wildman–Crippen LogP) is 16.0. The molecule has 65 heavy (non-hydrogen) atoms. The SMILES string of the molecule is CC(c1cc(-c2ccccc2)nc(-c2ccccc2)c1)C1Cc2ccc(-c3ccc4c(c3)c3ccccc3n4-c3cc(-c4ccccc4)cc(-c4ccccc4)n3)cc2-c2ccccc21. The first kappa shape index (κ1) is 38.5. The van der Waals surface area contributed by atoms with E-state index in [4.69, 9.17) is 9.97 Å². The van der Waals surface area contributed by atoms with Crippen molar-refractivity contribution in [2.75, 3.05) is 0 Å². The van der Waals surface area contributed by atoms with Crippen molar-refractivity contribution in [1.29, 1.82) is 0 Å². The van der Waals surface area contributed by atoms with E-state index in [9.17, 15) is 0 Å². The highest BCUT2D eigenvalue weighted by Crippen LogP contribution is 2.48. The molecular formula is C62H45N3. The van der Waals surface area contributed by atoms with Crippen LogP contribution in [0.5, 0.6) is 0 Å². The van der Waals surface area contributed by atoms with Crippen molar-refractivity contribution >= 4 is 21.8 Å². The molecule has 0 amide bonds. The average Bonchev–Trinajstić information content (AvgIpc) is 3.72. The molecule has 308 valence electrons. The smallest absolute Gasteiger partial charge is 0.138 e. The molecule has 0 aliphatic heterocycles. The summed E-state index contributed by atoms with van der Waals surface area (Å²) in [7, 11) is 0. The third kappa shape index (κ3) is 7.03. The van der Waals surface area contributed by atoms with Crippen LogP contribution in [-0.4, -0.2) is 14.5 Å². The zero-order chi connectivity index (χ0) is 43.3. The molecule has 3 nitrogen and oxygen atoms in total. The molecule has 0 bridgehead atoms. The average molecular weight is 832 g/mol. The summed E-state index contributed by atoms with van der Waals surface area (Å²) in [6.07, 6.45) is 0.962. The third-order valence-corrected chi connectivity index (χ3v) is 13.5. The van der Waals surface area contributed by atoms with Crippen molar-refractivity contribution in [1.82, 2.24) is 14.5 Å². The number of benzene rings is 8. The molecule has 3 aromatic heterocycles. The van der Waals surface area contributed by atoms with Crippen LogP contribution in [0.4, 0.5) is 0 Å². The maximum absolute atomic E-state index is 5.36. The number of nitrogens with zero attached hydrogens (tertiary/aromatic N) is 3. The highest BCUT2D eigenvalue weighted by Gasteiger charge is 2.30. The fourth-order valence-electron chi connectivity index (χ4n) is 10.2. The Kier molecular flexibility index (Phi) is 9.60. The van der Waals surface area contributed by atoms with Crippen LogP contribution in [-0.2, 0) is 6.42 Å². The molecule has 0 N–H and O–H groups in total. The first-order valence-corrected chi connectivity index (χ1v) is 22.6. The standard InChI is InChI=1S/C62H45N3/c1-41(49-37-57(43-20-8-3-9-21-43)63-58(38-49)44-22-10-4-11-23-44)54-36-48-31-30-46(34-55(48)52-27-15-14-26-51(52)54)47-32-33-61-56(35-47)53-28-16-17-29-60(53)65(61)62-40-50(42-18-6-2-7-19-42)39-59(64-62)45-24-12-5-13-25-45/h2-35,37-41,54H,36H2,1H3. The molecule has 3 heteroatoms. The normalized spacial score (nSPS) is 13.6. The summed E-state index contributed by atoms with van der Waals surface area (Å²) in [5.41, 5.74) is 20.1. The van der Waals surface area contributed by atoms with Gasteiger partial charge in [0.2, 0.25) is 0 Å². The van der Waals surface area contributed by atoms with Gasteiger partial charge < -0.3 is 0 Å². The Labute approximate surface area is 380 Å². The second kappa shape index (κ2) is 16.2. The summed E-state index contributed by atoms with van der Waals surface area (Å²) in [6.45, 7) is 2.40. The van der Waals surface area contributed by atoms with Gasteiger partial charge >= 0.3 is 0 Å². The van der Waals surface area contributed by atoms with Crippen LogP contribution in [0.1, 0.15) is 35.4 Å². The van der Waals surface area contributed by atoms with E-state index in [2.05, 4.69) is 242 Å². The summed E-state index contributed by atoms with van der Waals surface area (Å²) in [4.78, 5) is 10.6. The fourth-order valence-corrected chi connectivity index (χ4v) is 10.2. The topological polar surface area (TPSA) is 30.7 Å². The zero-order valence-electron chi connectivity index (χ0n) is 36.1. The minimum atomic E-state index is 0.253. The molecule has 2 atom stereocenters. The second-order valence-corrected chi connectivity index (χ2v) is 17.4. The van der Waals surface area contributed by atoms with Crippen molar-refractivity contribution in [2.45, 2.75) is 25.2 Å². The third-order valence-electron chi connectivity index (χ3n) is 13.5. The molecular weight excluding hydrogens is 787 g/mol. The number of pyridine rings is 2. The quantitative estimate of drug-likeness (QED) is 0.153. The predicted molar refractivity (Wildman–Crippen MR) is 270 cm³/mol. The number of fused-ring (bicyclic) bond motifs is 6. The van der Waals surface area contributed by atoms with Crippen molar-refractivity contribution in [3.05, 3.63) is 247 Å². The van der Waals surface area contributed by atoms with Crippen LogP contribution in [0, 0.1) is 0 Å². The minimum absolute atomic E-state index is 0.253. The monoisotopic (exact) mass is 831 g/mol. The highest BCUT2D eigenvalue weighted by atomic mass is 15.1. The highest BCUT2D eigenvalue weighted by molar-refractivity contribution is 6.10. The largest absolute Gasteiger partial charge is 0.294 e. The molecule has 3 heterocycles. The van der Waals surface area contributed by atoms with Gasteiger partial charge in [-0.2, -0.15) is 0 Å². The summed E-state index contributed by atoms with van der Waals surface area (Å²) in [5, 5.41) is 2.42. The maximum atomic E-state index is 5.36. The molecule has 0 saturated carbocycles. The zero-order valence-corrected chi connectivity index (χ0v) is 36.1. The van der Waals surface area contributed by atoms with E-state index >= 15 is 0 Å². The van der Waals surface area contributed by atoms with E-state index in [1.54, 1.807) is 0 Å². The molecule has 1 aliphatic carbocycles. The molecule has 11 aromatic rings. The Morgan fingerprint density at radius 2 is 0.938 bits per heavy atom. The lowest BCUT2D eigenvalue weighted by molar-refractivity contribution is 0.568. The van der Waals surface area contributed by atoms with Gasteiger partial charge in [-0.1, -0.05) is 189 Å². The summed E-state index contributed by atoms with van der Waals surface area (Å²) in [6, 6.07) is 83.3. The van der Waals surface area contributed by atoms with Crippen LogP contribution in [0.25, 0.3) is 94.8 Å². The van der Waals surface area contributed by atoms with Crippen molar-refractivity contribution in [3.63, 3.8) is 0 Å². The van der Waals surface area contributed by atoms with E-state index in [0.717, 1.165) is 68.2 Å². The van der Waals surface area contributed by atoms with Gasteiger partial charge in [-0.25, -0.2) is 9.97 Å². The van der Waals surface area contributed by atoms with Gasteiger partial charge in [0.05, 0.1) is 28.1 Å². The molecule has 8 aromatic carbocycles. The first-order valence-electron chi connectivity index (χ1n) is 22.6. The summed E-state index contributed by atoms with van der Waals surface area (Å²) >= 11 is 0. The van der Waals surface area contributed by atoms with Crippen LogP contribution in [0.2, 0.25) is 0 Å². The molecule has 1 aliphatic rings. The van der Waals surface area contributed by atoms with E-state index in [-0.39, 0.29) is 5.92 Å². The van der Waals surface area contributed by atoms with Gasteiger partial charge in [-0.3, -0.25) is 4.57 Å². The number of para-hydroxylation sites is 1. The molecule has 0 spiro atoms. The van der Waals surface area contributed by atoms with Crippen molar-refractivity contribution in [3.8, 4) is 73.0 Å². The number of hydrogen-bond acceptors (Lipinski definition) is 2. The van der Waals surface area contributed by atoms with Gasteiger partial charge in [0, 0.05) is 27.5 Å². The molecule has 12 rings (SSSR count). The van der Waals surface area contributed by atoms with Gasteiger partial charge in [-0.15, -0.1) is 0 Å². The van der Waals surface area contributed by atoms with Crippen molar-refractivity contribution in [2.24, 2.45) is 0 Å². The maximum Gasteiger partial charge on any atom is 0.138 e. The van der Waals surface area contributed by atoms with E-state index in [0.29, 0.717) is 5.92 Å². The van der Waals surface area contributed by atoms with Gasteiger partial charge in [-0.05, 0) is 117 Å². The van der Waals surface area contributed by atoms with Crippen LogP contribution in [0.15, 0.2) is 231 Å². The molecule has 0 saturated heterocycles. The van der Waals surface area contributed by atoms with E-state index in [1.165, 1.54) is 49.7 Å². The van der Waals surface area contributed by atoms with E-state index in [1.807, 2.05) is 0 Å². The Bertz CT molecular complexity index is 3400.